The molecule has 5 heteroatoms. The largest absolute Gasteiger partial charge is 0.396 e. The van der Waals surface area contributed by atoms with E-state index in [2.05, 4.69) is 5.32 Å². The zero-order valence-corrected chi connectivity index (χ0v) is 13.5. The molecule has 0 radical (unpaired) electrons. The lowest BCUT2D eigenvalue weighted by Crippen LogP contribution is -2.40. The molecule has 2 aliphatic rings. The molecule has 1 atom stereocenters. The summed E-state index contributed by atoms with van der Waals surface area (Å²) in [6.45, 7) is 0.239. The highest BCUT2D eigenvalue weighted by atomic mass is 16.3. The molecule has 5 nitrogen and oxygen atoms in total. The van der Waals surface area contributed by atoms with Crippen LogP contribution in [-0.4, -0.2) is 41.5 Å². The van der Waals surface area contributed by atoms with Crippen molar-refractivity contribution in [1.82, 2.24) is 4.90 Å². The Morgan fingerprint density at radius 1 is 1.26 bits per heavy atom. The van der Waals surface area contributed by atoms with Gasteiger partial charge in [-0.1, -0.05) is 18.2 Å². The zero-order chi connectivity index (χ0) is 16.4. The third-order valence-electron chi connectivity index (χ3n) is 5.30. The second kappa shape index (κ2) is 6.71. The van der Waals surface area contributed by atoms with Crippen molar-refractivity contribution in [2.24, 2.45) is 5.92 Å². The first-order valence-corrected chi connectivity index (χ1v) is 8.36. The number of anilines is 1. The van der Waals surface area contributed by atoms with Crippen molar-refractivity contribution < 1.29 is 14.7 Å². The first-order valence-electron chi connectivity index (χ1n) is 8.36. The molecule has 0 aromatic heterocycles. The molecule has 1 saturated carbocycles. The van der Waals surface area contributed by atoms with Crippen LogP contribution in [0.1, 0.15) is 43.6 Å². The Balaban J connectivity index is 1.62. The lowest BCUT2D eigenvalue weighted by molar-refractivity contribution is -0.134. The number of nitrogens with one attached hydrogen (secondary N) is 1. The summed E-state index contributed by atoms with van der Waals surface area (Å²) in [5, 5.41) is 12.1. The molecule has 1 aromatic rings. The van der Waals surface area contributed by atoms with E-state index in [9.17, 15) is 14.7 Å². The minimum absolute atomic E-state index is 0.0225. The van der Waals surface area contributed by atoms with E-state index in [0.717, 1.165) is 36.9 Å². The molecule has 1 aromatic carbocycles. The van der Waals surface area contributed by atoms with Crippen LogP contribution in [0, 0.1) is 5.92 Å². The van der Waals surface area contributed by atoms with Gasteiger partial charge >= 0.3 is 0 Å². The number of nitrogens with zero attached hydrogens (tertiary/aromatic N) is 1. The minimum Gasteiger partial charge on any atom is -0.396 e. The fourth-order valence-corrected chi connectivity index (χ4v) is 3.72. The van der Waals surface area contributed by atoms with Gasteiger partial charge in [0.05, 0.1) is 5.92 Å². The quantitative estimate of drug-likeness (QED) is 0.894. The van der Waals surface area contributed by atoms with E-state index in [0.29, 0.717) is 5.92 Å². The predicted molar refractivity (Wildman–Crippen MR) is 88.0 cm³/mol. The molecule has 124 valence electrons. The first-order chi connectivity index (χ1) is 11.1. The van der Waals surface area contributed by atoms with Gasteiger partial charge in [0.15, 0.2) is 0 Å². The van der Waals surface area contributed by atoms with Crippen molar-refractivity contribution in [3.05, 3.63) is 29.8 Å². The molecular weight excluding hydrogens is 292 g/mol. The van der Waals surface area contributed by atoms with Gasteiger partial charge in [-0.05, 0) is 43.2 Å². The summed E-state index contributed by atoms with van der Waals surface area (Å²) in [5.74, 6) is -0.0663. The monoisotopic (exact) mass is 316 g/mol. The van der Waals surface area contributed by atoms with Gasteiger partial charge in [0.25, 0.3) is 0 Å². The number of carbonyl (C=O) groups excluding carboxylic acids is 2. The van der Waals surface area contributed by atoms with Crippen molar-refractivity contribution in [2.45, 2.75) is 44.1 Å². The molecule has 1 heterocycles. The van der Waals surface area contributed by atoms with Gasteiger partial charge in [0.1, 0.15) is 0 Å². The molecule has 23 heavy (non-hydrogen) atoms. The Morgan fingerprint density at radius 2 is 1.96 bits per heavy atom. The van der Waals surface area contributed by atoms with Crippen LogP contribution in [0.15, 0.2) is 24.3 Å². The van der Waals surface area contributed by atoms with Gasteiger partial charge in [0.2, 0.25) is 11.8 Å². The van der Waals surface area contributed by atoms with Crippen molar-refractivity contribution in [2.75, 3.05) is 19.0 Å². The van der Waals surface area contributed by atoms with E-state index in [1.54, 1.807) is 0 Å². The molecule has 1 unspecified atom stereocenters. The van der Waals surface area contributed by atoms with Gasteiger partial charge in [-0.25, -0.2) is 0 Å². The Bertz CT molecular complexity index is 594. The smallest absolute Gasteiger partial charge is 0.232 e. The highest BCUT2D eigenvalue weighted by molar-refractivity contribution is 6.04. The van der Waals surface area contributed by atoms with Crippen molar-refractivity contribution in [3.8, 4) is 0 Å². The zero-order valence-electron chi connectivity index (χ0n) is 13.5. The summed E-state index contributed by atoms with van der Waals surface area (Å²) in [7, 11) is 1.84. The van der Waals surface area contributed by atoms with Gasteiger partial charge in [-0.2, -0.15) is 0 Å². The molecular formula is C18H24N2O3. The van der Waals surface area contributed by atoms with Crippen LogP contribution in [0.4, 0.5) is 5.69 Å². The maximum Gasteiger partial charge on any atom is 0.232 e. The second-order valence-electron chi connectivity index (χ2n) is 6.69. The number of para-hydroxylation sites is 1. The predicted octanol–water partition coefficient (Wildman–Crippen LogP) is 2.12. The highest BCUT2D eigenvalue weighted by Gasteiger charge is 2.34. The van der Waals surface area contributed by atoms with Crippen LogP contribution < -0.4 is 5.32 Å². The van der Waals surface area contributed by atoms with Gasteiger partial charge in [0, 0.05) is 31.8 Å². The fourth-order valence-electron chi connectivity index (χ4n) is 3.72. The van der Waals surface area contributed by atoms with Crippen LogP contribution in [0.25, 0.3) is 0 Å². The first kappa shape index (κ1) is 16.0. The maximum absolute atomic E-state index is 12.6. The van der Waals surface area contributed by atoms with Gasteiger partial charge in [-0.3, -0.25) is 9.59 Å². The van der Waals surface area contributed by atoms with Crippen molar-refractivity contribution in [3.63, 3.8) is 0 Å². The van der Waals surface area contributed by atoms with Crippen LogP contribution in [0.3, 0.4) is 0 Å². The highest BCUT2D eigenvalue weighted by Crippen LogP contribution is 2.35. The number of carbonyl (C=O) groups is 2. The average Bonchev–Trinajstić information content (AvgIpc) is 2.90. The number of aliphatic hydroxyl groups excluding tert-OH is 1. The summed E-state index contributed by atoms with van der Waals surface area (Å²) in [4.78, 5) is 26.5. The molecule has 0 bridgehead atoms. The summed E-state index contributed by atoms with van der Waals surface area (Å²) in [6, 6.07) is 7.80. The van der Waals surface area contributed by atoms with E-state index >= 15 is 0 Å². The summed E-state index contributed by atoms with van der Waals surface area (Å²) >= 11 is 0. The van der Waals surface area contributed by atoms with E-state index < -0.39 is 0 Å². The molecule has 0 saturated heterocycles. The van der Waals surface area contributed by atoms with Crippen LogP contribution in [0.2, 0.25) is 0 Å². The van der Waals surface area contributed by atoms with E-state index in [-0.39, 0.29) is 36.8 Å². The van der Waals surface area contributed by atoms with E-state index in [1.807, 2.05) is 36.2 Å². The minimum atomic E-state index is -0.380. The Kier molecular flexibility index (Phi) is 4.66. The molecule has 2 N–H and O–H groups in total. The second-order valence-corrected chi connectivity index (χ2v) is 6.69. The van der Waals surface area contributed by atoms with Crippen LogP contribution in [0.5, 0.6) is 0 Å². The van der Waals surface area contributed by atoms with Crippen LogP contribution in [-0.2, 0) is 9.59 Å². The Morgan fingerprint density at radius 3 is 2.65 bits per heavy atom. The molecule has 2 amide bonds. The molecule has 0 spiro atoms. The Hall–Kier alpha value is -1.88. The fraction of sp³-hybridized carbons (Fsp3) is 0.556. The number of hydrogen-bond acceptors (Lipinski definition) is 3. The summed E-state index contributed by atoms with van der Waals surface area (Å²) in [5.41, 5.74) is 1.74. The maximum atomic E-state index is 12.6. The molecule has 1 aliphatic carbocycles. The number of fused-ring (bicyclic) bond motifs is 1. The molecule has 3 rings (SSSR count). The topological polar surface area (TPSA) is 69.6 Å². The lowest BCUT2D eigenvalue weighted by Gasteiger charge is -2.34. The third kappa shape index (κ3) is 3.24. The van der Waals surface area contributed by atoms with Gasteiger partial charge in [-0.15, -0.1) is 0 Å². The van der Waals surface area contributed by atoms with E-state index in [4.69, 9.17) is 0 Å². The number of benzene rings is 1. The summed E-state index contributed by atoms with van der Waals surface area (Å²) in [6.07, 6.45) is 4.01. The number of amides is 2. The summed E-state index contributed by atoms with van der Waals surface area (Å²) < 4.78 is 0. The molecule has 1 aliphatic heterocycles. The Labute approximate surface area is 136 Å². The SMILES string of the molecule is CN(C(=O)CC1C(=O)Nc2ccccc21)C1CCC(CO)CC1. The number of aliphatic hydroxyl groups is 1. The average molecular weight is 316 g/mol. The normalized spacial score (nSPS) is 26.5. The molecule has 1 fully saturated rings. The van der Waals surface area contributed by atoms with Crippen molar-refractivity contribution in [1.29, 1.82) is 0 Å². The van der Waals surface area contributed by atoms with E-state index in [1.165, 1.54) is 0 Å². The number of hydrogen-bond donors (Lipinski definition) is 2. The lowest BCUT2D eigenvalue weighted by atomic mass is 9.85. The number of rotatable bonds is 4. The van der Waals surface area contributed by atoms with Crippen LogP contribution >= 0.6 is 0 Å². The van der Waals surface area contributed by atoms with Gasteiger partial charge < -0.3 is 15.3 Å². The standard InChI is InChI=1S/C18H24N2O3/c1-20(13-8-6-12(11-21)7-9-13)17(22)10-15-14-4-2-3-5-16(14)19-18(15)23/h2-5,12-13,15,21H,6-11H2,1H3,(H,19,23). The van der Waals surface area contributed by atoms with Crippen molar-refractivity contribution >= 4 is 17.5 Å². The third-order valence-corrected chi connectivity index (χ3v) is 5.30.